The van der Waals surface area contributed by atoms with Gasteiger partial charge in [-0.3, -0.25) is 4.79 Å². The quantitative estimate of drug-likeness (QED) is 0.681. The van der Waals surface area contributed by atoms with Crippen LogP contribution in [0.1, 0.15) is 26.2 Å². The zero-order chi connectivity index (χ0) is 12.2. The summed E-state index contributed by atoms with van der Waals surface area (Å²) in [6, 6.07) is 0. The predicted molar refractivity (Wildman–Crippen MR) is 58.9 cm³/mol. The summed E-state index contributed by atoms with van der Waals surface area (Å²) >= 11 is 0. The van der Waals surface area contributed by atoms with Gasteiger partial charge >= 0.3 is 5.97 Å². The molecule has 0 bridgehead atoms. The van der Waals surface area contributed by atoms with E-state index in [2.05, 4.69) is 4.74 Å². The average Bonchev–Trinajstić information content (AvgIpc) is 2.29. The maximum absolute atomic E-state index is 12.0. The van der Waals surface area contributed by atoms with Crippen molar-refractivity contribution >= 4 is 15.8 Å². The Morgan fingerprint density at radius 1 is 1.56 bits per heavy atom. The molecular weight excluding hydrogens is 232 g/mol. The molecule has 94 valence electrons. The summed E-state index contributed by atoms with van der Waals surface area (Å²) in [5.41, 5.74) is 0. The van der Waals surface area contributed by atoms with Crippen LogP contribution in [0.3, 0.4) is 0 Å². The number of ether oxygens (including phenoxy) is 2. The maximum Gasteiger partial charge on any atom is 0.306 e. The van der Waals surface area contributed by atoms with Crippen molar-refractivity contribution in [3.63, 3.8) is 0 Å². The van der Waals surface area contributed by atoms with Crippen molar-refractivity contribution in [1.29, 1.82) is 0 Å². The molecule has 0 radical (unpaired) electrons. The first-order valence-corrected chi connectivity index (χ1v) is 6.96. The highest BCUT2D eigenvalue weighted by Gasteiger charge is 2.33. The lowest BCUT2D eigenvalue weighted by molar-refractivity contribution is -0.140. The third kappa shape index (κ3) is 3.18. The fourth-order valence-corrected chi connectivity index (χ4v) is 3.54. The van der Waals surface area contributed by atoms with Crippen LogP contribution in [0.25, 0.3) is 0 Å². The Balaban J connectivity index is 2.64. The molecule has 6 heteroatoms. The van der Waals surface area contributed by atoms with Gasteiger partial charge < -0.3 is 9.47 Å². The Morgan fingerprint density at radius 3 is 2.75 bits per heavy atom. The van der Waals surface area contributed by atoms with E-state index in [1.807, 2.05) is 0 Å². The van der Waals surface area contributed by atoms with Gasteiger partial charge in [0.2, 0.25) is 0 Å². The minimum Gasteiger partial charge on any atom is -0.469 e. The Morgan fingerprint density at radius 2 is 2.25 bits per heavy atom. The SMILES string of the molecule is COC(=O)CC(C)S(=O)(=O)C1CCCOC1. The molecule has 0 saturated carbocycles. The van der Waals surface area contributed by atoms with Gasteiger partial charge in [0, 0.05) is 6.61 Å². The van der Waals surface area contributed by atoms with E-state index in [4.69, 9.17) is 4.74 Å². The predicted octanol–water partition coefficient (Wildman–Crippen LogP) is 0.532. The molecular formula is C10H18O5S. The van der Waals surface area contributed by atoms with Crippen molar-refractivity contribution in [3.05, 3.63) is 0 Å². The molecule has 0 amide bonds. The summed E-state index contributed by atoms with van der Waals surface area (Å²) in [5, 5.41) is -1.17. The largest absolute Gasteiger partial charge is 0.469 e. The molecule has 0 spiro atoms. The first-order chi connectivity index (χ1) is 7.48. The zero-order valence-electron chi connectivity index (χ0n) is 9.64. The number of sulfone groups is 1. The molecule has 1 heterocycles. The van der Waals surface area contributed by atoms with E-state index in [-0.39, 0.29) is 13.0 Å². The summed E-state index contributed by atoms with van der Waals surface area (Å²) in [4.78, 5) is 11.0. The Bertz CT molecular complexity index is 329. The fourth-order valence-electron chi connectivity index (χ4n) is 1.73. The van der Waals surface area contributed by atoms with Crippen LogP contribution in [0.5, 0.6) is 0 Å². The van der Waals surface area contributed by atoms with Crippen LogP contribution in [-0.4, -0.2) is 45.2 Å². The highest BCUT2D eigenvalue weighted by atomic mass is 32.2. The molecule has 0 aromatic heterocycles. The number of hydrogen-bond acceptors (Lipinski definition) is 5. The Hall–Kier alpha value is -0.620. The molecule has 1 aliphatic rings. The molecule has 1 fully saturated rings. The van der Waals surface area contributed by atoms with E-state index in [1.54, 1.807) is 6.92 Å². The third-order valence-corrected chi connectivity index (χ3v) is 5.42. The summed E-state index contributed by atoms with van der Waals surface area (Å²) in [6.45, 7) is 2.41. The summed E-state index contributed by atoms with van der Waals surface area (Å²) in [5.74, 6) is -0.493. The topological polar surface area (TPSA) is 69.7 Å². The maximum atomic E-state index is 12.0. The van der Waals surface area contributed by atoms with E-state index in [1.165, 1.54) is 7.11 Å². The van der Waals surface area contributed by atoms with Gasteiger partial charge in [-0.1, -0.05) is 0 Å². The molecule has 0 N–H and O–H groups in total. The first-order valence-electron chi connectivity index (χ1n) is 5.35. The average molecular weight is 250 g/mol. The van der Waals surface area contributed by atoms with E-state index in [0.29, 0.717) is 13.0 Å². The number of carbonyl (C=O) groups is 1. The summed E-state index contributed by atoms with van der Waals surface area (Å²) < 4.78 is 33.7. The van der Waals surface area contributed by atoms with Gasteiger partial charge in [-0.25, -0.2) is 8.42 Å². The van der Waals surface area contributed by atoms with Crippen LogP contribution in [0.4, 0.5) is 0 Å². The normalized spacial score (nSPS) is 23.8. The van der Waals surface area contributed by atoms with Crippen LogP contribution in [0.2, 0.25) is 0 Å². The molecule has 5 nitrogen and oxygen atoms in total. The second kappa shape index (κ2) is 5.63. The number of methoxy groups -OCH3 is 1. The van der Waals surface area contributed by atoms with Gasteiger partial charge in [0.1, 0.15) is 0 Å². The van der Waals surface area contributed by atoms with Gasteiger partial charge in [-0.2, -0.15) is 0 Å². The lowest BCUT2D eigenvalue weighted by Crippen LogP contribution is -2.37. The molecule has 1 rings (SSSR count). The molecule has 0 aliphatic carbocycles. The zero-order valence-corrected chi connectivity index (χ0v) is 10.5. The van der Waals surface area contributed by atoms with Crippen LogP contribution < -0.4 is 0 Å². The fraction of sp³-hybridized carbons (Fsp3) is 0.900. The minimum absolute atomic E-state index is 0.0880. The van der Waals surface area contributed by atoms with Crippen LogP contribution >= 0.6 is 0 Å². The minimum atomic E-state index is -3.29. The van der Waals surface area contributed by atoms with Gasteiger partial charge in [-0.15, -0.1) is 0 Å². The molecule has 0 aromatic carbocycles. The van der Waals surface area contributed by atoms with E-state index >= 15 is 0 Å². The monoisotopic (exact) mass is 250 g/mol. The van der Waals surface area contributed by atoms with E-state index in [9.17, 15) is 13.2 Å². The number of hydrogen-bond donors (Lipinski definition) is 0. The van der Waals surface area contributed by atoms with Crippen LogP contribution in [0.15, 0.2) is 0 Å². The van der Waals surface area contributed by atoms with Gasteiger partial charge in [-0.05, 0) is 19.8 Å². The smallest absolute Gasteiger partial charge is 0.306 e. The molecule has 1 saturated heterocycles. The molecule has 0 aromatic rings. The lowest BCUT2D eigenvalue weighted by atomic mass is 10.2. The Kier molecular flexibility index (Phi) is 4.73. The second-order valence-corrected chi connectivity index (χ2v) is 6.67. The lowest BCUT2D eigenvalue weighted by Gasteiger charge is -2.24. The van der Waals surface area contributed by atoms with Gasteiger partial charge in [0.05, 0.1) is 30.6 Å². The number of esters is 1. The second-order valence-electron chi connectivity index (χ2n) is 4.02. The van der Waals surface area contributed by atoms with Gasteiger partial charge in [0.15, 0.2) is 9.84 Å². The number of carbonyl (C=O) groups excluding carboxylic acids is 1. The highest BCUT2D eigenvalue weighted by molar-refractivity contribution is 7.92. The molecule has 1 aliphatic heterocycles. The highest BCUT2D eigenvalue weighted by Crippen LogP contribution is 2.20. The Labute approximate surface area is 96.0 Å². The van der Waals surface area contributed by atoms with Crippen molar-refractivity contribution in [2.45, 2.75) is 36.7 Å². The summed E-state index contributed by atoms with van der Waals surface area (Å²) in [7, 11) is -2.04. The standard InChI is InChI=1S/C10H18O5S/c1-8(6-10(11)14-2)16(12,13)9-4-3-5-15-7-9/h8-9H,3-7H2,1-2H3. The molecule has 2 atom stereocenters. The van der Waals surface area contributed by atoms with Gasteiger partial charge in [0.25, 0.3) is 0 Å². The van der Waals surface area contributed by atoms with Crippen LogP contribution in [-0.2, 0) is 24.1 Å². The molecule has 16 heavy (non-hydrogen) atoms. The van der Waals surface area contributed by atoms with Crippen molar-refractivity contribution in [1.82, 2.24) is 0 Å². The molecule has 2 unspecified atom stereocenters. The number of rotatable bonds is 4. The van der Waals surface area contributed by atoms with Crippen molar-refractivity contribution < 1.29 is 22.7 Å². The van der Waals surface area contributed by atoms with Crippen molar-refractivity contribution in [2.24, 2.45) is 0 Å². The van der Waals surface area contributed by atoms with Crippen molar-refractivity contribution in [2.75, 3.05) is 20.3 Å². The van der Waals surface area contributed by atoms with Crippen molar-refractivity contribution in [3.8, 4) is 0 Å². The first kappa shape index (κ1) is 13.4. The third-order valence-electron chi connectivity index (χ3n) is 2.83. The van der Waals surface area contributed by atoms with E-state index < -0.39 is 26.3 Å². The van der Waals surface area contributed by atoms with E-state index in [0.717, 1.165) is 6.42 Å². The van der Waals surface area contributed by atoms with Crippen LogP contribution in [0, 0.1) is 0 Å². The summed E-state index contributed by atoms with van der Waals surface area (Å²) in [6.07, 6.45) is 1.29.